The van der Waals surface area contributed by atoms with Gasteiger partial charge in [0.25, 0.3) is 11.8 Å². The normalized spacial score (nSPS) is 16.7. The topological polar surface area (TPSA) is 62.6 Å². The van der Waals surface area contributed by atoms with E-state index in [-0.39, 0.29) is 10.7 Å². The Morgan fingerprint density at radius 1 is 1.25 bits per heavy atom. The van der Waals surface area contributed by atoms with Crippen LogP contribution < -0.4 is 5.32 Å². The molecule has 1 aromatic heterocycles. The zero-order valence-electron chi connectivity index (χ0n) is 12.9. The molecule has 3 rings (SSSR count). The third kappa shape index (κ3) is 3.05. The van der Waals surface area contributed by atoms with E-state index >= 15 is 0 Å². The van der Waals surface area contributed by atoms with Gasteiger partial charge in [0, 0.05) is 17.1 Å². The number of likely N-dealkylation sites (N-methyl/N-ethyl adjacent to an activating group) is 1. The number of rotatable bonds is 2. The van der Waals surface area contributed by atoms with E-state index in [0.717, 1.165) is 15.6 Å². The van der Waals surface area contributed by atoms with Crippen molar-refractivity contribution in [1.29, 1.82) is 0 Å². The van der Waals surface area contributed by atoms with Gasteiger partial charge in [-0.05, 0) is 55.0 Å². The lowest BCUT2D eigenvalue weighted by atomic mass is 10.1. The van der Waals surface area contributed by atoms with E-state index in [2.05, 4.69) is 21.2 Å². The molecular weight excluding hydrogens is 392 g/mol. The molecule has 0 aliphatic carbocycles. The Balaban J connectivity index is 1.95. The second-order valence-electron chi connectivity index (χ2n) is 5.37. The summed E-state index contributed by atoms with van der Waals surface area (Å²) in [5.74, 6) is 0.0641. The summed E-state index contributed by atoms with van der Waals surface area (Å²) in [6.45, 7) is 2.00. The van der Waals surface area contributed by atoms with Gasteiger partial charge in [0.15, 0.2) is 5.11 Å². The van der Waals surface area contributed by atoms with Crippen molar-refractivity contribution < 1.29 is 14.0 Å². The summed E-state index contributed by atoms with van der Waals surface area (Å²) in [5.41, 5.74) is 2.00. The molecule has 0 atom stereocenters. The smallest absolute Gasteiger partial charge is 0.265 e. The number of aryl methyl sites for hydroxylation is 1. The zero-order chi connectivity index (χ0) is 17.4. The Hall–Kier alpha value is -2.25. The van der Waals surface area contributed by atoms with Crippen LogP contribution in [-0.4, -0.2) is 28.9 Å². The van der Waals surface area contributed by atoms with Gasteiger partial charge in [0.1, 0.15) is 17.1 Å². The first-order chi connectivity index (χ1) is 11.4. The van der Waals surface area contributed by atoms with Gasteiger partial charge in [-0.25, -0.2) is 0 Å². The third-order valence-corrected chi connectivity index (χ3v) is 4.64. The minimum Gasteiger partial charge on any atom is -0.457 e. The maximum Gasteiger partial charge on any atom is 0.265 e. The fraction of sp³-hybridized carbons (Fsp3) is 0.118. The van der Waals surface area contributed by atoms with E-state index in [1.165, 1.54) is 18.0 Å². The average molecular weight is 405 g/mol. The summed E-state index contributed by atoms with van der Waals surface area (Å²) >= 11 is 8.42. The molecular formula is C17H13BrN2O3S. The highest BCUT2D eigenvalue weighted by Gasteiger charge is 2.31. The maximum atomic E-state index is 12.2. The number of hydrogen-bond donors (Lipinski definition) is 1. The Morgan fingerprint density at radius 3 is 2.71 bits per heavy atom. The predicted molar refractivity (Wildman–Crippen MR) is 98.1 cm³/mol. The summed E-state index contributed by atoms with van der Waals surface area (Å²) in [6, 6.07) is 9.42. The minimum absolute atomic E-state index is 0.0185. The van der Waals surface area contributed by atoms with Gasteiger partial charge in [-0.1, -0.05) is 22.0 Å². The van der Waals surface area contributed by atoms with Gasteiger partial charge in [-0.3, -0.25) is 19.8 Å². The Morgan fingerprint density at radius 2 is 2.00 bits per heavy atom. The van der Waals surface area contributed by atoms with Gasteiger partial charge < -0.3 is 4.42 Å². The molecule has 1 saturated heterocycles. The minimum atomic E-state index is -0.530. The second-order valence-corrected chi connectivity index (χ2v) is 6.61. The molecule has 0 spiro atoms. The van der Waals surface area contributed by atoms with Crippen molar-refractivity contribution in [2.24, 2.45) is 0 Å². The standard InChI is InChI=1S/C17H13BrN2O3S/c1-9-3-5-11(13(18)7-9)14-6-4-10(23-14)8-12-15(21)19-17(24)20(2)16(12)22/h3-8H,1-2H3,(H,19,21,24). The van der Waals surface area contributed by atoms with Gasteiger partial charge in [-0.2, -0.15) is 0 Å². The van der Waals surface area contributed by atoms with Gasteiger partial charge >= 0.3 is 0 Å². The first kappa shape index (κ1) is 16.6. The van der Waals surface area contributed by atoms with Crippen LogP contribution in [0.5, 0.6) is 0 Å². The number of carbonyl (C=O) groups is 2. The summed E-state index contributed by atoms with van der Waals surface area (Å²) in [6.07, 6.45) is 1.42. The van der Waals surface area contributed by atoms with Gasteiger partial charge in [0.2, 0.25) is 0 Å². The SMILES string of the molecule is Cc1ccc(-c2ccc(C=C3C(=O)NC(=S)N(C)C3=O)o2)c(Br)c1. The number of nitrogens with one attached hydrogen (secondary N) is 1. The van der Waals surface area contributed by atoms with Crippen molar-refractivity contribution in [1.82, 2.24) is 10.2 Å². The van der Waals surface area contributed by atoms with Crippen LogP contribution in [0.1, 0.15) is 11.3 Å². The largest absolute Gasteiger partial charge is 0.457 e. The molecule has 1 aromatic carbocycles. The van der Waals surface area contributed by atoms with Crippen molar-refractivity contribution in [2.75, 3.05) is 7.05 Å². The lowest BCUT2D eigenvalue weighted by molar-refractivity contribution is -0.128. The van der Waals surface area contributed by atoms with Crippen LogP contribution >= 0.6 is 28.1 Å². The molecule has 1 aliphatic rings. The summed E-state index contributed by atoms with van der Waals surface area (Å²) in [5, 5.41) is 2.55. The molecule has 1 aliphatic heterocycles. The highest BCUT2D eigenvalue weighted by atomic mass is 79.9. The Bertz CT molecular complexity index is 901. The van der Waals surface area contributed by atoms with E-state index in [9.17, 15) is 9.59 Å². The van der Waals surface area contributed by atoms with Crippen molar-refractivity contribution in [2.45, 2.75) is 6.92 Å². The molecule has 1 fully saturated rings. The lowest BCUT2D eigenvalue weighted by Gasteiger charge is -2.24. The lowest BCUT2D eigenvalue weighted by Crippen LogP contribution is -2.52. The molecule has 0 bridgehead atoms. The van der Waals surface area contributed by atoms with Crippen molar-refractivity contribution in [3.05, 3.63) is 51.7 Å². The third-order valence-electron chi connectivity index (χ3n) is 3.61. The predicted octanol–water partition coefficient (Wildman–Crippen LogP) is 3.27. The molecule has 0 radical (unpaired) electrons. The van der Waals surface area contributed by atoms with Crippen molar-refractivity contribution in [3.8, 4) is 11.3 Å². The van der Waals surface area contributed by atoms with Crippen LogP contribution in [0.4, 0.5) is 0 Å². The molecule has 1 N–H and O–H groups in total. The van der Waals surface area contributed by atoms with Crippen LogP contribution in [0.25, 0.3) is 17.4 Å². The fourth-order valence-corrected chi connectivity index (χ4v) is 3.15. The van der Waals surface area contributed by atoms with Gasteiger partial charge in [-0.15, -0.1) is 0 Å². The maximum absolute atomic E-state index is 12.2. The van der Waals surface area contributed by atoms with E-state index in [1.54, 1.807) is 12.1 Å². The summed E-state index contributed by atoms with van der Waals surface area (Å²) in [4.78, 5) is 25.4. The van der Waals surface area contributed by atoms with E-state index < -0.39 is 11.8 Å². The Labute approximate surface area is 152 Å². The number of benzene rings is 1. The molecule has 2 amide bonds. The fourth-order valence-electron chi connectivity index (χ4n) is 2.28. The highest BCUT2D eigenvalue weighted by molar-refractivity contribution is 9.10. The van der Waals surface area contributed by atoms with Crippen LogP contribution in [-0.2, 0) is 9.59 Å². The second kappa shape index (κ2) is 6.33. The van der Waals surface area contributed by atoms with Crippen LogP contribution in [0, 0.1) is 6.92 Å². The van der Waals surface area contributed by atoms with Crippen LogP contribution in [0.3, 0.4) is 0 Å². The molecule has 7 heteroatoms. The monoisotopic (exact) mass is 404 g/mol. The summed E-state index contributed by atoms with van der Waals surface area (Å²) < 4.78 is 6.67. The number of hydrogen-bond acceptors (Lipinski definition) is 4. The number of carbonyl (C=O) groups excluding carboxylic acids is 2. The van der Waals surface area contributed by atoms with Crippen LogP contribution in [0.2, 0.25) is 0 Å². The number of amides is 2. The highest BCUT2D eigenvalue weighted by Crippen LogP contribution is 2.31. The Kier molecular flexibility index (Phi) is 4.38. The molecule has 2 aromatic rings. The molecule has 2 heterocycles. The molecule has 5 nitrogen and oxygen atoms in total. The first-order valence-corrected chi connectivity index (χ1v) is 8.28. The molecule has 0 saturated carbocycles. The van der Waals surface area contributed by atoms with Crippen LogP contribution in [0.15, 0.2) is 44.8 Å². The van der Waals surface area contributed by atoms with Gasteiger partial charge in [0.05, 0.1) is 0 Å². The van der Waals surface area contributed by atoms with E-state index in [1.807, 2.05) is 25.1 Å². The van der Waals surface area contributed by atoms with Crippen molar-refractivity contribution >= 4 is 51.2 Å². The summed E-state index contributed by atoms with van der Waals surface area (Å²) in [7, 11) is 1.51. The molecule has 122 valence electrons. The number of nitrogens with zero attached hydrogens (tertiary/aromatic N) is 1. The quantitative estimate of drug-likeness (QED) is 0.473. The number of furan rings is 1. The van der Waals surface area contributed by atoms with Crippen molar-refractivity contribution in [3.63, 3.8) is 0 Å². The number of thiocarbonyl (C=S) groups is 1. The van der Waals surface area contributed by atoms with E-state index in [0.29, 0.717) is 11.5 Å². The molecule has 0 unspecified atom stereocenters. The number of halogens is 1. The zero-order valence-corrected chi connectivity index (χ0v) is 15.3. The van der Waals surface area contributed by atoms with E-state index in [4.69, 9.17) is 16.6 Å². The molecule has 24 heavy (non-hydrogen) atoms. The first-order valence-electron chi connectivity index (χ1n) is 7.08. The average Bonchev–Trinajstić information content (AvgIpc) is 2.98.